The molecule has 3 nitrogen and oxygen atoms in total. The van der Waals surface area contributed by atoms with Gasteiger partial charge in [0.05, 0.1) is 12.0 Å². The van der Waals surface area contributed by atoms with E-state index in [1.165, 1.54) is 0 Å². The lowest BCUT2D eigenvalue weighted by molar-refractivity contribution is -0.122. The van der Waals surface area contributed by atoms with Gasteiger partial charge in [0.25, 0.3) is 0 Å². The molecule has 1 aliphatic rings. The monoisotopic (exact) mass is 280 g/mol. The van der Waals surface area contributed by atoms with Crippen LogP contribution in [0.3, 0.4) is 0 Å². The molecule has 1 heterocycles. The Morgan fingerprint density at radius 1 is 1.00 bits per heavy atom. The predicted molar refractivity (Wildman–Crippen MR) is 85.0 cm³/mol. The van der Waals surface area contributed by atoms with Gasteiger partial charge in [-0.05, 0) is 36.6 Å². The third-order valence-electron chi connectivity index (χ3n) is 4.25. The molecule has 1 amide bonds. The summed E-state index contributed by atoms with van der Waals surface area (Å²) in [4.78, 5) is 14.6. The van der Waals surface area contributed by atoms with Crippen molar-refractivity contribution in [1.29, 1.82) is 0 Å². The van der Waals surface area contributed by atoms with E-state index in [1.807, 2.05) is 67.3 Å². The van der Waals surface area contributed by atoms with Crippen molar-refractivity contribution >= 4 is 11.6 Å². The van der Waals surface area contributed by atoms with Crippen molar-refractivity contribution in [2.45, 2.75) is 32.4 Å². The second-order valence-electron chi connectivity index (χ2n) is 6.05. The third kappa shape index (κ3) is 2.24. The number of hydrogen-bond donors (Lipinski definition) is 1. The van der Waals surface area contributed by atoms with Gasteiger partial charge < -0.3 is 10.6 Å². The highest BCUT2D eigenvalue weighted by Crippen LogP contribution is 2.41. The largest absolute Gasteiger partial charge is 0.326 e. The van der Waals surface area contributed by atoms with E-state index in [1.54, 1.807) is 0 Å². The molecule has 3 heteroatoms. The van der Waals surface area contributed by atoms with Crippen LogP contribution in [0.4, 0.5) is 5.69 Å². The molecule has 108 valence electrons. The van der Waals surface area contributed by atoms with Crippen LogP contribution >= 0.6 is 0 Å². The first-order chi connectivity index (χ1) is 10.0. The molecule has 0 fully saturated rings. The van der Waals surface area contributed by atoms with Gasteiger partial charge in [0, 0.05) is 12.2 Å². The van der Waals surface area contributed by atoms with Gasteiger partial charge in [-0.1, -0.05) is 42.5 Å². The molecule has 0 radical (unpaired) electrons. The number of nitrogens with two attached hydrogens (primary N) is 1. The lowest BCUT2D eigenvalue weighted by Crippen LogP contribution is -2.35. The Bertz CT molecular complexity index is 674. The van der Waals surface area contributed by atoms with Crippen LogP contribution in [0.15, 0.2) is 48.5 Å². The minimum absolute atomic E-state index is 0.159. The summed E-state index contributed by atoms with van der Waals surface area (Å²) >= 11 is 0. The fraction of sp³-hybridized carbons (Fsp3) is 0.278. The Morgan fingerprint density at radius 3 is 2.29 bits per heavy atom. The third-order valence-corrected chi connectivity index (χ3v) is 4.25. The van der Waals surface area contributed by atoms with Crippen molar-refractivity contribution < 1.29 is 4.79 Å². The normalized spacial score (nSPS) is 16.1. The number of hydrogen-bond acceptors (Lipinski definition) is 2. The Balaban J connectivity index is 1.93. The number of benzene rings is 2. The summed E-state index contributed by atoms with van der Waals surface area (Å²) in [5, 5.41) is 0. The fourth-order valence-corrected chi connectivity index (χ4v) is 2.92. The first kappa shape index (κ1) is 13.8. The molecule has 0 atom stereocenters. The Labute approximate surface area is 125 Å². The zero-order valence-corrected chi connectivity index (χ0v) is 12.5. The molecular weight excluding hydrogens is 260 g/mol. The van der Waals surface area contributed by atoms with Crippen molar-refractivity contribution in [2.24, 2.45) is 5.73 Å². The number of carbonyl (C=O) groups is 1. The maximum absolute atomic E-state index is 12.7. The first-order valence-electron chi connectivity index (χ1n) is 7.23. The van der Waals surface area contributed by atoms with Gasteiger partial charge in [-0.25, -0.2) is 0 Å². The minimum Gasteiger partial charge on any atom is -0.326 e. The van der Waals surface area contributed by atoms with Crippen LogP contribution in [0.1, 0.15) is 30.5 Å². The average Bonchev–Trinajstić information content (AvgIpc) is 2.70. The molecule has 2 N–H and O–H groups in total. The van der Waals surface area contributed by atoms with E-state index in [4.69, 9.17) is 5.73 Å². The van der Waals surface area contributed by atoms with Crippen molar-refractivity contribution in [3.8, 4) is 0 Å². The van der Waals surface area contributed by atoms with Gasteiger partial charge in [0.2, 0.25) is 5.91 Å². The molecule has 0 aromatic heterocycles. The minimum atomic E-state index is -0.451. The summed E-state index contributed by atoms with van der Waals surface area (Å²) in [7, 11) is 0. The van der Waals surface area contributed by atoms with Crippen LogP contribution in [0.2, 0.25) is 0 Å². The maximum Gasteiger partial charge on any atom is 0.237 e. The van der Waals surface area contributed by atoms with E-state index in [2.05, 4.69) is 0 Å². The van der Waals surface area contributed by atoms with Gasteiger partial charge in [0.15, 0.2) is 0 Å². The summed E-state index contributed by atoms with van der Waals surface area (Å²) < 4.78 is 0. The van der Waals surface area contributed by atoms with Gasteiger partial charge in [-0.15, -0.1) is 0 Å². The molecule has 2 aromatic rings. The van der Waals surface area contributed by atoms with Crippen molar-refractivity contribution in [2.75, 3.05) is 4.90 Å². The topological polar surface area (TPSA) is 46.3 Å². The summed E-state index contributed by atoms with van der Waals surface area (Å²) in [5.74, 6) is 0.159. The molecule has 0 spiro atoms. The van der Waals surface area contributed by atoms with Crippen LogP contribution in [0.5, 0.6) is 0 Å². The van der Waals surface area contributed by atoms with Crippen LogP contribution in [0.25, 0.3) is 0 Å². The van der Waals surface area contributed by atoms with Crippen LogP contribution in [0, 0.1) is 0 Å². The number of amides is 1. The van der Waals surface area contributed by atoms with Crippen molar-refractivity contribution in [3.63, 3.8) is 0 Å². The summed E-state index contributed by atoms with van der Waals surface area (Å²) in [6.45, 7) is 5.13. The Hall–Kier alpha value is -2.13. The van der Waals surface area contributed by atoms with E-state index >= 15 is 0 Å². The zero-order chi connectivity index (χ0) is 15.0. The summed E-state index contributed by atoms with van der Waals surface area (Å²) in [6.07, 6.45) is 0. The standard InChI is InChI=1S/C18H20N2O/c1-18(2)15-5-3-4-6-16(15)20(17(18)21)12-14-9-7-13(11-19)8-10-14/h3-10H,11-12,19H2,1-2H3. The maximum atomic E-state index is 12.7. The molecule has 3 rings (SSSR count). The van der Waals surface area contributed by atoms with E-state index in [9.17, 15) is 4.79 Å². The lowest BCUT2D eigenvalue weighted by atomic mass is 9.86. The number of para-hydroxylation sites is 1. The van der Waals surface area contributed by atoms with Crippen LogP contribution in [-0.4, -0.2) is 5.91 Å². The van der Waals surface area contributed by atoms with E-state index in [0.717, 1.165) is 22.4 Å². The molecular formula is C18H20N2O. The summed E-state index contributed by atoms with van der Waals surface area (Å²) in [6, 6.07) is 16.2. The number of rotatable bonds is 3. The van der Waals surface area contributed by atoms with E-state index in [-0.39, 0.29) is 5.91 Å². The number of anilines is 1. The van der Waals surface area contributed by atoms with Crippen LogP contribution < -0.4 is 10.6 Å². The highest BCUT2D eigenvalue weighted by atomic mass is 16.2. The molecule has 0 unspecified atom stereocenters. The molecule has 2 aromatic carbocycles. The lowest BCUT2D eigenvalue weighted by Gasteiger charge is -2.20. The van der Waals surface area contributed by atoms with E-state index < -0.39 is 5.41 Å². The smallest absolute Gasteiger partial charge is 0.237 e. The second kappa shape index (κ2) is 5.01. The zero-order valence-electron chi connectivity index (χ0n) is 12.5. The van der Waals surface area contributed by atoms with E-state index in [0.29, 0.717) is 13.1 Å². The first-order valence-corrected chi connectivity index (χ1v) is 7.23. The molecule has 0 aliphatic carbocycles. The molecule has 0 saturated heterocycles. The fourth-order valence-electron chi connectivity index (χ4n) is 2.92. The van der Waals surface area contributed by atoms with Gasteiger partial charge in [-0.2, -0.15) is 0 Å². The SMILES string of the molecule is CC1(C)C(=O)N(Cc2ccc(CN)cc2)c2ccccc21. The molecule has 0 saturated carbocycles. The van der Waals surface area contributed by atoms with Gasteiger partial charge >= 0.3 is 0 Å². The number of fused-ring (bicyclic) bond motifs is 1. The predicted octanol–water partition coefficient (Wildman–Crippen LogP) is 2.97. The quantitative estimate of drug-likeness (QED) is 0.939. The number of nitrogens with zero attached hydrogens (tertiary/aromatic N) is 1. The molecule has 1 aliphatic heterocycles. The van der Waals surface area contributed by atoms with Gasteiger partial charge in [0.1, 0.15) is 0 Å². The molecule has 0 bridgehead atoms. The summed E-state index contributed by atoms with van der Waals surface area (Å²) in [5.41, 5.74) is 9.52. The molecule has 21 heavy (non-hydrogen) atoms. The number of carbonyl (C=O) groups excluding carboxylic acids is 1. The second-order valence-corrected chi connectivity index (χ2v) is 6.05. The van der Waals surface area contributed by atoms with Crippen molar-refractivity contribution in [3.05, 3.63) is 65.2 Å². The Kier molecular flexibility index (Phi) is 3.30. The average molecular weight is 280 g/mol. The Morgan fingerprint density at radius 2 is 1.62 bits per heavy atom. The van der Waals surface area contributed by atoms with Crippen molar-refractivity contribution in [1.82, 2.24) is 0 Å². The van der Waals surface area contributed by atoms with Gasteiger partial charge in [-0.3, -0.25) is 4.79 Å². The highest BCUT2D eigenvalue weighted by molar-refractivity contribution is 6.07. The van der Waals surface area contributed by atoms with Crippen LogP contribution in [-0.2, 0) is 23.3 Å². The highest BCUT2D eigenvalue weighted by Gasteiger charge is 2.43.